The molecule has 1 aromatic rings. The standard InChI is InChI=1S/C16H25N3O3S2/c1-5-6-23-14-13(17-24-18-14)21-12-8-10-7-11(12)19(9-10)15(20)22-16(2,3)4/h10-12H,5-9H2,1-4H3/t10-,11+,12+/m0/s1. The molecule has 8 heteroatoms. The molecule has 0 aromatic carbocycles. The molecule has 1 aliphatic carbocycles. The van der Waals surface area contributed by atoms with Gasteiger partial charge in [-0.05, 0) is 51.7 Å². The largest absolute Gasteiger partial charge is 0.470 e. The Balaban J connectivity index is 1.64. The van der Waals surface area contributed by atoms with Gasteiger partial charge in [0.2, 0.25) is 0 Å². The molecule has 0 spiro atoms. The zero-order valence-electron chi connectivity index (χ0n) is 14.7. The second-order valence-corrected chi connectivity index (χ2v) is 9.03. The second kappa shape index (κ2) is 7.07. The lowest BCUT2D eigenvalue weighted by molar-refractivity contribution is 0.00182. The first kappa shape index (κ1) is 17.8. The Kier molecular flexibility index (Phi) is 5.24. The fourth-order valence-corrected chi connectivity index (χ4v) is 4.68. The molecular weight excluding hydrogens is 346 g/mol. The summed E-state index contributed by atoms with van der Waals surface area (Å²) in [7, 11) is 0. The number of carbonyl (C=O) groups is 1. The molecule has 2 heterocycles. The highest BCUT2D eigenvalue weighted by molar-refractivity contribution is 7.99. The number of nitrogens with zero attached hydrogens (tertiary/aromatic N) is 3. The molecule has 1 saturated carbocycles. The molecule has 0 N–H and O–H groups in total. The Bertz CT molecular complexity index is 587. The van der Waals surface area contributed by atoms with E-state index in [-0.39, 0.29) is 18.2 Å². The first-order valence-electron chi connectivity index (χ1n) is 8.49. The van der Waals surface area contributed by atoms with Gasteiger partial charge in [0.25, 0.3) is 5.88 Å². The third-order valence-electron chi connectivity index (χ3n) is 4.19. The molecular formula is C16H25N3O3S2. The van der Waals surface area contributed by atoms with Crippen LogP contribution in [0.5, 0.6) is 5.88 Å². The van der Waals surface area contributed by atoms with Crippen molar-refractivity contribution in [2.24, 2.45) is 5.92 Å². The Labute approximate surface area is 151 Å². The Morgan fingerprint density at radius 2 is 2.17 bits per heavy atom. The van der Waals surface area contributed by atoms with Crippen molar-refractivity contribution < 1.29 is 14.3 Å². The predicted octanol–water partition coefficient (Wildman–Crippen LogP) is 3.82. The van der Waals surface area contributed by atoms with E-state index >= 15 is 0 Å². The number of carbonyl (C=O) groups excluding carboxylic acids is 1. The van der Waals surface area contributed by atoms with Crippen LogP contribution in [0.25, 0.3) is 0 Å². The van der Waals surface area contributed by atoms with Gasteiger partial charge in [-0.25, -0.2) is 4.79 Å². The van der Waals surface area contributed by atoms with Crippen LogP contribution in [0.2, 0.25) is 0 Å². The first-order chi connectivity index (χ1) is 11.4. The lowest BCUT2D eigenvalue weighted by Crippen LogP contribution is -2.48. The first-order valence-corrected chi connectivity index (χ1v) is 10.2. The fraction of sp³-hybridized carbons (Fsp3) is 0.812. The van der Waals surface area contributed by atoms with E-state index in [0.29, 0.717) is 11.8 Å². The Morgan fingerprint density at radius 1 is 1.38 bits per heavy atom. The van der Waals surface area contributed by atoms with E-state index in [9.17, 15) is 4.79 Å². The van der Waals surface area contributed by atoms with E-state index in [0.717, 1.165) is 36.6 Å². The van der Waals surface area contributed by atoms with Gasteiger partial charge in [-0.15, -0.1) is 4.37 Å². The molecule has 6 nitrogen and oxygen atoms in total. The van der Waals surface area contributed by atoms with Crippen LogP contribution in [0.3, 0.4) is 0 Å². The molecule has 3 atom stereocenters. The minimum absolute atomic E-state index is 0.0128. The van der Waals surface area contributed by atoms with E-state index in [1.807, 2.05) is 25.7 Å². The maximum absolute atomic E-state index is 12.4. The van der Waals surface area contributed by atoms with Gasteiger partial charge in [-0.2, -0.15) is 4.37 Å². The fourth-order valence-electron chi connectivity index (χ4n) is 3.30. The van der Waals surface area contributed by atoms with Crippen LogP contribution in [0.15, 0.2) is 5.03 Å². The van der Waals surface area contributed by atoms with Gasteiger partial charge in [0.1, 0.15) is 11.7 Å². The quantitative estimate of drug-likeness (QED) is 0.733. The van der Waals surface area contributed by atoms with E-state index in [2.05, 4.69) is 15.7 Å². The Morgan fingerprint density at radius 3 is 2.83 bits per heavy atom. The number of ether oxygens (including phenoxy) is 2. The number of likely N-dealkylation sites (tertiary alicyclic amines) is 1. The summed E-state index contributed by atoms with van der Waals surface area (Å²) < 4.78 is 20.3. The van der Waals surface area contributed by atoms with Gasteiger partial charge in [0, 0.05) is 6.54 Å². The van der Waals surface area contributed by atoms with Gasteiger partial charge in [0.15, 0.2) is 5.03 Å². The molecule has 2 bridgehead atoms. The number of aromatic nitrogens is 2. The van der Waals surface area contributed by atoms with Crippen molar-refractivity contribution in [2.45, 2.75) is 69.7 Å². The number of amides is 1. The molecule has 2 fully saturated rings. The highest BCUT2D eigenvalue weighted by Gasteiger charge is 2.49. The summed E-state index contributed by atoms with van der Waals surface area (Å²) in [5.74, 6) is 2.12. The number of rotatable bonds is 5. The van der Waals surface area contributed by atoms with Gasteiger partial charge in [-0.1, -0.05) is 18.7 Å². The van der Waals surface area contributed by atoms with E-state index in [4.69, 9.17) is 9.47 Å². The van der Waals surface area contributed by atoms with Gasteiger partial charge < -0.3 is 14.4 Å². The molecule has 24 heavy (non-hydrogen) atoms. The number of thioether (sulfide) groups is 1. The van der Waals surface area contributed by atoms with Gasteiger partial charge in [-0.3, -0.25) is 0 Å². The van der Waals surface area contributed by atoms with Gasteiger partial charge >= 0.3 is 6.09 Å². The molecule has 0 radical (unpaired) electrons. The molecule has 2 aliphatic rings. The highest BCUT2D eigenvalue weighted by atomic mass is 32.2. The summed E-state index contributed by atoms with van der Waals surface area (Å²) in [6.07, 6.45) is 2.79. The predicted molar refractivity (Wildman–Crippen MR) is 94.8 cm³/mol. The van der Waals surface area contributed by atoms with Crippen LogP contribution in [-0.2, 0) is 4.74 Å². The van der Waals surface area contributed by atoms with Crippen LogP contribution in [-0.4, -0.2) is 49.8 Å². The SMILES string of the molecule is CCCSc1nsnc1O[C@@H]1C[C@@H]2C[C@H]1N(C(=O)OC(C)(C)C)C2. The van der Waals surface area contributed by atoms with Crippen molar-refractivity contribution in [3.8, 4) is 5.88 Å². The molecule has 134 valence electrons. The maximum atomic E-state index is 12.4. The molecule has 1 aliphatic heterocycles. The summed E-state index contributed by atoms with van der Waals surface area (Å²) >= 11 is 2.86. The average molecular weight is 372 g/mol. The minimum atomic E-state index is -0.474. The number of fused-ring (bicyclic) bond motifs is 2. The molecule has 1 aromatic heterocycles. The maximum Gasteiger partial charge on any atom is 0.410 e. The molecule has 3 rings (SSSR count). The van der Waals surface area contributed by atoms with Crippen LogP contribution in [0.4, 0.5) is 4.79 Å². The zero-order valence-corrected chi connectivity index (χ0v) is 16.3. The van der Waals surface area contributed by atoms with Crippen molar-refractivity contribution in [1.29, 1.82) is 0 Å². The normalized spacial score (nSPS) is 26.0. The van der Waals surface area contributed by atoms with E-state index < -0.39 is 5.60 Å². The third kappa shape index (κ3) is 3.96. The number of piperidine rings is 1. The number of hydrogen-bond acceptors (Lipinski definition) is 7. The second-order valence-electron chi connectivity index (χ2n) is 7.42. The summed E-state index contributed by atoms with van der Waals surface area (Å²) in [5.41, 5.74) is -0.474. The zero-order chi connectivity index (χ0) is 17.3. The van der Waals surface area contributed by atoms with Crippen LogP contribution in [0.1, 0.15) is 47.0 Å². The average Bonchev–Trinajstić information content (AvgIpc) is 3.18. The summed E-state index contributed by atoms with van der Waals surface area (Å²) in [6, 6.07) is 0.0792. The summed E-state index contributed by atoms with van der Waals surface area (Å²) in [5, 5.41) is 0.869. The van der Waals surface area contributed by atoms with Crippen LogP contribution < -0.4 is 4.74 Å². The minimum Gasteiger partial charge on any atom is -0.470 e. The lowest BCUT2D eigenvalue weighted by Gasteiger charge is -2.34. The monoisotopic (exact) mass is 371 g/mol. The lowest BCUT2D eigenvalue weighted by atomic mass is 10.1. The molecule has 1 amide bonds. The number of hydrogen-bond donors (Lipinski definition) is 0. The molecule has 0 unspecified atom stereocenters. The Hall–Kier alpha value is -1.02. The van der Waals surface area contributed by atoms with Crippen LogP contribution in [0, 0.1) is 5.92 Å². The topological polar surface area (TPSA) is 64.6 Å². The third-order valence-corrected chi connectivity index (χ3v) is 5.97. The van der Waals surface area contributed by atoms with E-state index in [1.165, 1.54) is 11.7 Å². The van der Waals surface area contributed by atoms with Crippen molar-refractivity contribution in [3.63, 3.8) is 0 Å². The van der Waals surface area contributed by atoms with Crippen molar-refractivity contribution in [3.05, 3.63) is 0 Å². The smallest absolute Gasteiger partial charge is 0.410 e. The van der Waals surface area contributed by atoms with Crippen molar-refractivity contribution >= 4 is 29.6 Å². The van der Waals surface area contributed by atoms with Gasteiger partial charge in [0.05, 0.1) is 17.8 Å². The molecule has 1 saturated heterocycles. The highest BCUT2D eigenvalue weighted by Crippen LogP contribution is 2.41. The summed E-state index contributed by atoms with van der Waals surface area (Å²) in [4.78, 5) is 14.3. The summed E-state index contributed by atoms with van der Waals surface area (Å²) in [6.45, 7) is 8.59. The van der Waals surface area contributed by atoms with E-state index in [1.54, 1.807) is 11.8 Å². The van der Waals surface area contributed by atoms with Crippen molar-refractivity contribution in [1.82, 2.24) is 13.6 Å². The van der Waals surface area contributed by atoms with Crippen molar-refractivity contribution in [2.75, 3.05) is 12.3 Å². The van der Waals surface area contributed by atoms with Crippen LogP contribution >= 0.6 is 23.5 Å².